The number of anilines is 1. The Morgan fingerprint density at radius 3 is 2.39 bits per heavy atom. The first-order valence-electron chi connectivity index (χ1n) is 10.5. The number of fused-ring (bicyclic) bond motifs is 1. The number of benzene rings is 2. The Balaban J connectivity index is 1.64. The van der Waals surface area contributed by atoms with Gasteiger partial charge in [0.25, 0.3) is 0 Å². The molecule has 1 aliphatic rings. The van der Waals surface area contributed by atoms with Crippen molar-refractivity contribution < 1.29 is 32.6 Å². The van der Waals surface area contributed by atoms with E-state index < -0.39 is 17.6 Å². The fraction of sp³-hybridized carbons (Fsp3) is 0.391. The van der Waals surface area contributed by atoms with Crippen LogP contribution in [-0.2, 0) is 17.6 Å². The van der Waals surface area contributed by atoms with E-state index in [1.54, 1.807) is 4.90 Å². The molecule has 2 amide bonds. The van der Waals surface area contributed by atoms with Crippen LogP contribution >= 0.6 is 11.8 Å². The van der Waals surface area contributed by atoms with E-state index >= 15 is 0 Å². The van der Waals surface area contributed by atoms with Crippen LogP contribution in [0.3, 0.4) is 0 Å². The van der Waals surface area contributed by atoms with E-state index in [1.807, 2.05) is 32.0 Å². The van der Waals surface area contributed by atoms with E-state index in [2.05, 4.69) is 10.1 Å². The Labute approximate surface area is 194 Å². The van der Waals surface area contributed by atoms with Gasteiger partial charge < -0.3 is 20.1 Å². The number of carboxylic acids is 1. The Hall–Kier alpha value is -2.88. The van der Waals surface area contributed by atoms with Gasteiger partial charge in [-0.2, -0.15) is 0 Å². The summed E-state index contributed by atoms with van der Waals surface area (Å²) in [6.45, 7) is 4.16. The number of nitrogens with zero attached hydrogens (tertiary/aromatic N) is 1. The number of rotatable bonds is 8. The molecular weight excluding hydrogens is 457 g/mol. The van der Waals surface area contributed by atoms with Crippen LogP contribution in [0, 0.1) is 0 Å². The Kier molecular flexibility index (Phi) is 7.78. The second kappa shape index (κ2) is 10.4. The lowest BCUT2D eigenvalue weighted by Crippen LogP contribution is -2.43. The van der Waals surface area contributed by atoms with Gasteiger partial charge >= 0.3 is 18.4 Å². The Bertz CT molecular complexity index is 998. The summed E-state index contributed by atoms with van der Waals surface area (Å²) in [6, 6.07) is 10.5. The van der Waals surface area contributed by atoms with Crippen molar-refractivity contribution in [1.82, 2.24) is 4.90 Å². The largest absolute Gasteiger partial charge is 0.573 e. The predicted octanol–water partition coefficient (Wildman–Crippen LogP) is 5.56. The van der Waals surface area contributed by atoms with Crippen LogP contribution in [0.25, 0.3) is 0 Å². The Morgan fingerprint density at radius 1 is 1.15 bits per heavy atom. The minimum Gasteiger partial charge on any atom is -0.480 e. The molecule has 0 spiro atoms. The van der Waals surface area contributed by atoms with Crippen molar-refractivity contribution in [3.8, 4) is 5.75 Å². The average Bonchev–Trinajstić information content (AvgIpc) is 3.15. The number of aliphatic carboxylic acids is 1. The van der Waals surface area contributed by atoms with Gasteiger partial charge in [-0.15, -0.1) is 24.9 Å². The fourth-order valence-corrected chi connectivity index (χ4v) is 4.79. The summed E-state index contributed by atoms with van der Waals surface area (Å²) in [7, 11) is 0. The average molecular weight is 483 g/mol. The molecule has 0 saturated heterocycles. The highest BCUT2D eigenvalue weighted by molar-refractivity contribution is 8.00. The number of halogens is 3. The molecule has 178 valence electrons. The molecule has 2 atom stereocenters. The molecule has 0 fully saturated rings. The number of hydrogen-bond donors (Lipinski definition) is 2. The minimum atomic E-state index is -4.77. The number of carbonyl (C=O) groups is 2. The maximum atomic E-state index is 12.9. The third-order valence-electron chi connectivity index (χ3n) is 5.39. The molecular formula is C23H25F3N2O4S. The Morgan fingerprint density at radius 2 is 1.82 bits per heavy atom. The third kappa shape index (κ3) is 6.56. The summed E-state index contributed by atoms with van der Waals surface area (Å²) in [5.74, 6) is -1.20. The van der Waals surface area contributed by atoms with Crippen LogP contribution in [0.1, 0.15) is 31.4 Å². The number of ether oxygens (including phenoxy) is 1. The number of likely N-dealkylation sites (N-methyl/N-ethyl adjacent to an activating group) is 1. The number of amides is 2. The highest BCUT2D eigenvalue weighted by Gasteiger charge is 2.32. The van der Waals surface area contributed by atoms with Crippen molar-refractivity contribution >= 4 is 29.4 Å². The molecule has 0 aliphatic heterocycles. The number of thioether (sulfide) groups is 1. The zero-order valence-electron chi connectivity index (χ0n) is 18.2. The van der Waals surface area contributed by atoms with Gasteiger partial charge in [-0.25, -0.2) is 4.79 Å². The van der Waals surface area contributed by atoms with Crippen LogP contribution in [0.4, 0.5) is 23.7 Å². The molecule has 2 aromatic carbocycles. The van der Waals surface area contributed by atoms with E-state index in [0.717, 1.165) is 28.2 Å². The topological polar surface area (TPSA) is 78.9 Å². The second-order valence-corrected chi connectivity index (χ2v) is 8.91. The minimum absolute atomic E-state index is 0.0699. The number of carbonyl (C=O) groups excluding carboxylic acids is 1. The zero-order chi connectivity index (χ0) is 24.2. The molecule has 33 heavy (non-hydrogen) atoms. The highest BCUT2D eigenvalue weighted by Crippen LogP contribution is 2.33. The molecule has 2 unspecified atom stereocenters. The van der Waals surface area contributed by atoms with Gasteiger partial charge in [0, 0.05) is 23.2 Å². The molecule has 1 aliphatic carbocycles. The molecule has 0 radical (unpaired) electrons. The molecule has 10 heteroatoms. The normalized spacial score (nSPS) is 16.1. The van der Waals surface area contributed by atoms with Crippen molar-refractivity contribution in [1.29, 1.82) is 0 Å². The van der Waals surface area contributed by atoms with Crippen LogP contribution in [0.5, 0.6) is 5.75 Å². The van der Waals surface area contributed by atoms with Gasteiger partial charge in [-0.05, 0) is 73.7 Å². The number of urea groups is 1. The summed E-state index contributed by atoms with van der Waals surface area (Å²) < 4.78 is 40.8. The van der Waals surface area contributed by atoms with E-state index in [9.17, 15) is 27.9 Å². The van der Waals surface area contributed by atoms with Crippen LogP contribution in [0.15, 0.2) is 47.4 Å². The van der Waals surface area contributed by atoms with Gasteiger partial charge in [0.15, 0.2) is 0 Å². The van der Waals surface area contributed by atoms with E-state index in [0.29, 0.717) is 31.5 Å². The quantitative estimate of drug-likeness (QED) is 0.482. The molecule has 3 rings (SSSR count). The van der Waals surface area contributed by atoms with Crippen molar-refractivity contribution in [3.63, 3.8) is 0 Å². The summed E-state index contributed by atoms with van der Waals surface area (Å²) in [4.78, 5) is 26.8. The maximum absolute atomic E-state index is 12.9. The molecule has 0 aromatic heterocycles. The van der Waals surface area contributed by atoms with Crippen molar-refractivity contribution in [3.05, 3.63) is 53.6 Å². The smallest absolute Gasteiger partial charge is 0.480 e. The van der Waals surface area contributed by atoms with E-state index in [1.165, 1.54) is 23.9 Å². The van der Waals surface area contributed by atoms with Gasteiger partial charge in [-0.3, -0.25) is 4.79 Å². The summed E-state index contributed by atoms with van der Waals surface area (Å²) in [5, 5.41) is 11.5. The molecule has 2 aromatic rings. The number of hydrogen-bond acceptors (Lipinski definition) is 4. The fourth-order valence-electron chi connectivity index (χ4n) is 3.84. The molecule has 0 saturated carbocycles. The number of carboxylic acid groups (broad SMARTS) is 1. The van der Waals surface area contributed by atoms with Crippen molar-refractivity contribution in [2.24, 2.45) is 0 Å². The lowest BCUT2D eigenvalue weighted by Gasteiger charge is -2.28. The number of alkyl halides is 3. The zero-order valence-corrected chi connectivity index (χ0v) is 19.0. The monoisotopic (exact) mass is 482 g/mol. The first kappa shape index (κ1) is 24.8. The lowest BCUT2D eigenvalue weighted by atomic mass is 10.1. The number of nitrogens with one attached hydrogen (secondary N) is 1. The predicted molar refractivity (Wildman–Crippen MR) is 120 cm³/mol. The van der Waals surface area contributed by atoms with E-state index in [4.69, 9.17) is 0 Å². The van der Waals surface area contributed by atoms with Crippen LogP contribution in [-0.4, -0.2) is 46.2 Å². The second-order valence-electron chi connectivity index (χ2n) is 7.63. The first-order valence-corrected chi connectivity index (χ1v) is 11.4. The van der Waals surface area contributed by atoms with Crippen molar-refractivity contribution in [2.45, 2.75) is 55.7 Å². The third-order valence-corrected chi connectivity index (χ3v) is 6.74. The van der Waals surface area contributed by atoms with Crippen molar-refractivity contribution in [2.75, 3.05) is 11.9 Å². The molecule has 0 bridgehead atoms. The van der Waals surface area contributed by atoms with E-state index in [-0.39, 0.29) is 17.8 Å². The standard InChI is InChI=1S/C23H25F3N2O4S/c1-3-20(21(29)30)33-19-10-5-14-11-17(12-15(14)13-19)28(4-2)22(31)27-16-6-8-18(9-7-16)32-23(24,25)26/h5-10,13,17,20H,3-4,11-12H2,1-2H3,(H,27,31)(H,29,30). The first-order chi connectivity index (χ1) is 15.6. The summed E-state index contributed by atoms with van der Waals surface area (Å²) >= 11 is 1.32. The van der Waals surface area contributed by atoms with Gasteiger partial charge in [0.2, 0.25) is 0 Å². The summed E-state index contributed by atoms with van der Waals surface area (Å²) in [5.41, 5.74) is 2.57. The maximum Gasteiger partial charge on any atom is 0.573 e. The summed E-state index contributed by atoms with van der Waals surface area (Å²) in [6.07, 6.45) is -2.93. The highest BCUT2D eigenvalue weighted by atomic mass is 32.2. The van der Waals surface area contributed by atoms with Crippen LogP contribution in [0.2, 0.25) is 0 Å². The van der Waals surface area contributed by atoms with Gasteiger partial charge in [-0.1, -0.05) is 13.0 Å². The van der Waals surface area contributed by atoms with Crippen LogP contribution < -0.4 is 10.1 Å². The van der Waals surface area contributed by atoms with Gasteiger partial charge in [0.1, 0.15) is 11.0 Å². The SMILES string of the molecule is CCC(Sc1ccc2c(c1)CC(N(CC)C(=O)Nc1ccc(OC(F)(F)F)cc1)C2)C(=O)O. The molecule has 2 N–H and O–H groups in total. The molecule has 0 heterocycles. The molecule has 6 nitrogen and oxygen atoms in total. The lowest BCUT2D eigenvalue weighted by molar-refractivity contribution is -0.274. The van der Waals surface area contributed by atoms with Gasteiger partial charge in [0.05, 0.1) is 0 Å².